The lowest BCUT2D eigenvalue weighted by molar-refractivity contribution is 0.415. The summed E-state index contributed by atoms with van der Waals surface area (Å²) in [5.41, 5.74) is 6.05. The van der Waals surface area contributed by atoms with Gasteiger partial charge < -0.3 is 15.0 Å². The molecule has 120 valence electrons. The van der Waals surface area contributed by atoms with Gasteiger partial charge in [-0.15, -0.1) is 0 Å². The lowest BCUT2D eigenvalue weighted by Gasteiger charge is -2.13. The van der Waals surface area contributed by atoms with Crippen molar-refractivity contribution in [2.75, 3.05) is 12.4 Å². The first-order valence-electron chi connectivity index (χ1n) is 7.95. The molecule has 4 aromatic rings. The van der Waals surface area contributed by atoms with Crippen LogP contribution in [0.3, 0.4) is 0 Å². The summed E-state index contributed by atoms with van der Waals surface area (Å²) >= 11 is 0. The van der Waals surface area contributed by atoms with Crippen LogP contribution >= 0.6 is 0 Å². The first-order chi connectivity index (χ1) is 11.8. The summed E-state index contributed by atoms with van der Waals surface area (Å²) in [4.78, 5) is 12.2. The average molecular weight is 318 g/mol. The molecule has 5 heteroatoms. The van der Waals surface area contributed by atoms with Gasteiger partial charge in [-0.25, -0.2) is 9.97 Å². The number of imidazole rings is 1. The minimum atomic E-state index is 0.838. The number of hydrogen-bond acceptors (Lipinski definition) is 4. The maximum absolute atomic E-state index is 5.22. The Kier molecular flexibility index (Phi) is 3.54. The van der Waals surface area contributed by atoms with Gasteiger partial charge in [0.05, 0.1) is 18.3 Å². The highest BCUT2D eigenvalue weighted by Crippen LogP contribution is 2.32. The van der Waals surface area contributed by atoms with E-state index < -0.39 is 0 Å². The Bertz CT molecular complexity index is 1010. The second kappa shape index (κ2) is 5.85. The molecule has 0 aliphatic heterocycles. The molecular formula is C19H18N4O. The van der Waals surface area contributed by atoms with Gasteiger partial charge in [0, 0.05) is 22.3 Å². The molecule has 0 aliphatic rings. The quantitative estimate of drug-likeness (QED) is 0.584. The van der Waals surface area contributed by atoms with Crippen molar-refractivity contribution in [3.05, 3.63) is 54.5 Å². The first-order valence-corrected chi connectivity index (χ1v) is 7.95. The number of rotatable bonds is 4. The second-order valence-electron chi connectivity index (χ2n) is 5.64. The number of nitrogens with zero attached hydrogens (tertiary/aromatic N) is 2. The topological polar surface area (TPSA) is 62.8 Å². The van der Waals surface area contributed by atoms with Crippen LogP contribution in [0.4, 0.5) is 11.4 Å². The molecule has 2 N–H and O–H groups in total. The third kappa shape index (κ3) is 2.44. The van der Waals surface area contributed by atoms with Crippen LogP contribution in [0.2, 0.25) is 0 Å². The van der Waals surface area contributed by atoms with Gasteiger partial charge in [-0.05, 0) is 48.9 Å². The van der Waals surface area contributed by atoms with E-state index in [0.29, 0.717) is 0 Å². The normalized spacial score (nSPS) is 11.1. The summed E-state index contributed by atoms with van der Waals surface area (Å²) < 4.78 is 5.22. The molecule has 0 saturated heterocycles. The van der Waals surface area contributed by atoms with E-state index in [2.05, 4.69) is 39.3 Å². The molecule has 0 atom stereocenters. The SMILES string of the molecule is CCc1cc(Nc2ccc(OC)cc2)c2c(ccc3ncnc32)[nH]1. The van der Waals surface area contributed by atoms with Crippen LogP contribution in [0.15, 0.2) is 48.8 Å². The van der Waals surface area contributed by atoms with Crippen LogP contribution in [0.1, 0.15) is 12.6 Å². The predicted octanol–water partition coefficient (Wildman–Crippen LogP) is 4.43. The molecule has 2 aromatic heterocycles. The fraction of sp³-hybridized carbons (Fsp3) is 0.158. The fourth-order valence-corrected chi connectivity index (χ4v) is 2.91. The van der Waals surface area contributed by atoms with Crippen LogP contribution in [-0.4, -0.2) is 22.1 Å². The summed E-state index contributed by atoms with van der Waals surface area (Å²) in [6.07, 6.45) is 2.53. The summed E-state index contributed by atoms with van der Waals surface area (Å²) in [5.74, 6) is 0.838. The molecule has 0 aliphatic carbocycles. The van der Waals surface area contributed by atoms with Gasteiger partial charge in [-0.1, -0.05) is 6.92 Å². The van der Waals surface area contributed by atoms with E-state index in [1.807, 2.05) is 30.3 Å². The molecule has 0 amide bonds. The first kappa shape index (κ1) is 14.5. The molecule has 0 fully saturated rings. The van der Waals surface area contributed by atoms with Crippen molar-refractivity contribution in [1.29, 1.82) is 0 Å². The van der Waals surface area contributed by atoms with Crippen LogP contribution in [0.25, 0.3) is 21.9 Å². The summed E-state index contributed by atoms with van der Waals surface area (Å²) in [6, 6.07) is 14.1. The molecule has 2 heterocycles. The van der Waals surface area contributed by atoms with Crippen molar-refractivity contribution in [3.63, 3.8) is 0 Å². The number of ether oxygens (including phenoxy) is 1. The van der Waals surface area contributed by atoms with Crippen molar-refractivity contribution in [3.8, 4) is 5.75 Å². The Labute approximate surface area is 139 Å². The number of aromatic amines is 1. The van der Waals surface area contributed by atoms with E-state index in [4.69, 9.17) is 4.74 Å². The van der Waals surface area contributed by atoms with Crippen molar-refractivity contribution in [2.45, 2.75) is 13.3 Å². The molecule has 0 spiro atoms. The van der Waals surface area contributed by atoms with E-state index in [1.54, 1.807) is 13.4 Å². The summed E-state index contributed by atoms with van der Waals surface area (Å²) in [5, 5.41) is 4.57. The Morgan fingerprint density at radius 1 is 1.08 bits per heavy atom. The number of aromatic nitrogens is 3. The fourth-order valence-electron chi connectivity index (χ4n) is 2.91. The highest BCUT2D eigenvalue weighted by Gasteiger charge is 2.11. The van der Waals surface area contributed by atoms with Gasteiger partial charge in [0.15, 0.2) is 0 Å². The van der Waals surface area contributed by atoms with Gasteiger partial charge in [0.1, 0.15) is 17.6 Å². The lowest BCUT2D eigenvalue weighted by Crippen LogP contribution is -1.97. The van der Waals surface area contributed by atoms with E-state index in [-0.39, 0.29) is 0 Å². The van der Waals surface area contributed by atoms with Crippen molar-refractivity contribution in [2.24, 2.45) is 0 Å². The predicted molar refractivity (Wildman–Crippen MR) is 97.0 cm³/mol. The Morgan fingerprint density at radius 2 is 1.92 bits per heavy atom. The number of anilines is 2. The minimum absolute atomic E-state index is 0.838. The number of methoxy groups -OCH3 is 1. The third-order valence-electron chi connectivity index (χ3n) is 4.17. The Hall–Kier alpha value is -3.08. The number of benzene rings is 2. The lowest BCUT2D eigenvalue weighted by atomic mass is 10.1. The molecule has 0 unspecified atom stereocenters. The average Bonchev–Trinajstić information content (AvgIpc) is 3.10. The zero-order valence-electron chi connectivity index (χ0n) is 13.6. The Balaban J connectivity index is 1.89. The maximum Gasteiger partial charge on any atom is 0.119 e. The smallest absolute Gasteiger partial charge is 0.119 e. The number of nitrogens with one attached hydrogen (secondary N) is 2. The summed E-state index contributed by atoms with van der Waals surface area (Å²) in [7, 11) is 1.67. The molecule has 4 rings (SSSR count). The monoisotopic (exact) mass is 318 g/mol. The zero-order valence-corrected chi connectivity index (χ0v) is 13.6. The van der Waals surface area contributed by atoms with Crippen molar-refractivity contribution < 1.29 is 4.74 Å². The molecular weight excluding hydrogens is 300 g/mol. The van der Waals surface area contributed by atoms with Crippen LogP contribution in [0.5, 0.6) is 5.75 Å². The number of pyridine rings is 1. The third-order valence-corrected chi connectivity index (χ3v) is 4.17. The summed E-state index contributed by atoms with van der Waals surface area (Å²) in [6.45, 7) is 2.13. The van der Waals surface area contributed by atoms with Crippen molar-refractivity contribution >= 4 is 33.3 Å². The number of H-pyrrole nitrogens is 1. The van der Waals surface area contributed by atoms with Gasteiger partial charge in [0.25, 0.3) is 0 Å². The number of aryl methyl sites for hydroxylation is 1. The van der Waals surface area contributed by atoms with Crippen LogP contribution in [0, 0.1) is 0 Å². The number of hydrogen-bond donors (Lipinski definition) is 2. The Morgan fingerprint density at radius 3 is 2.67 bits per heavy atom. The molecule has 0 bridgehead atoms. The minimum Gasteiger partial charge on any atom is -0.497 e. The van der Waals surface area contributed by atoms with E-state index in [0.717, 1.165) is 51.2 Å². The largest absolute Gasteiger partial charge is 0.497 e. The number of fused-ring (bicyclic) bond motifs is 3. The van der Waals surface area contributed by atoms with Gasteiger partial charge in [-0.2, -0.15) is 0 Å². The van der Waals surface area contributed by atoms with E-state index in [1.165, 1.54) is 0 Å². The second-order valence-corrected chi connectivity index (χ2v) is 5.64. The van der Waals surface area contributed by atoms with Crippen LogP contribution < -0.4 is 10.1 Å². The highest BCUT2D eigenvalue weighted by atomic mass is 16.5. The molecule has 0 radical (unpaired) electrons. The van der Waals surface area contributed by atoms with Crippen molar-refractivity contribution in [1.82, 2.24) is 15.0 Å². The van der Waals surface area contributed by atoms with Gasteiger partial charge >= 0.3 is 0 Å². The van der Waals surface area contributed by atoms with E-state index >= 15 is 0 Å². The maximum atomic E-state index is 5.22. The van der Waals surface area contributed by atoms with Crippen LogP contribution in [-0.2, 0) is 6.42 Å². The molecule has 0 saturated carbocycles. The molecule has 2 aromatic carbocycles. The van der Waals surface area contributed by atoms with Gasteiger partial charge in [0.2, 0.25) is 0 Å². The van der Waals surface area contributed by atoms with Gasteiger partial charge in [-0.3, -0.25) is 0 Å². The van der Waals surface area contributed by atoms with E-state index in [9.17, 15) is 0 Å². The standard InChI is InChI=1S/C19H18N4O/c1-3-12-10-17(23-13-4-6-14(24-2)7-5-13)18-15(22-12)8-9-16-19(18)21-11-20-16/h4-11,22-23H,3H2,1-2H3. The molecule has 5 nitrogen and oxygen atoms in total. The highest BCUT2D eigenvalue weighted by molar-refractivity contribution is 6.10. The molecule has 24 heavy (non-hydrogen) atoms. The zero-order chi connectivity index (χ0) is 16.5.